The lowest BCUT2D eigenvalue weighted by atomic mass is 9.95. The number of amides is 2. The van der Waals surface area contributed by atoms with Gasteiger partial charge in [0.2, 0.25) is 11.8 Å². The Morgan fingerprint density at radius 2 is 1.76 bits per heavy atom. The Morgan fingerprint density at radius 1 is 1.10 bits per heavy atom. The second kappa shape index (κ2) is 9.70. The molecule has 1 heterocycles. The van der Waals surface area contributed by atoms with Gasteiger partial charge < -0.3 is 9.80 Å². The summed E-state index contributed by atoms with van der Waals surface area (Å²) in [5, 5.41) is 8.87. The van der Waals surface area contributed by atoms with Crippen molar-refractivity contribution in [1.29, 1.82) is 5.26 Å². The summed E-state index contributed by atoms with van der Waals surface area (Å²) in [6.07, 6.45) is 4.79. The molecule has 1 fully saturated rings. The van der Waals surface area contributed by atoms with E-state index in [2.05, 4.69) is 6.07 Å². The SMILES string of the molecule is CN(Cc1ccc(C#N)cc1)C(=O)C1CCN(C(=O)/C=C/c2ccccc2)CC1. The molecule has 5 heteroatoms. The van der Waals surface area contributed by atoms with Crippen LogP contribution in [0.25, 0.3) is 6.08 Å². The highest BCUT2D eigenvalue weighted by molar-refractivity contribution is 5.92. The highest BCUT2D eigenvalue weighted by Gasteiger charge is 2.28. The maximum Gasteiger partial charge on any atom is 0.246 e. The van der Waals surface area contributed by atoms with E-state index < -0.39 is 0 Å². The van der Waals surface area contributed by atoms with Crippen LogP contribution >= 0.6 is 0 Å². The lowest BCUT2D eigenvalue weighted by Gasteiger charge is -2.32. The lowest BCUT2D eigenvalue weighted by molar-refractivity contribution is -0.138. The molecule has 2 aromatic rings. The van der Waals surface area contributed by atoms with E-state index >= 15 is 0 Å². The molecule has 0 atom stereocenters. The number of piperidine rings is 1. The molecule has 3 rings (SSSR count). The summed E-state index contributed by atoms with van der Waals surface area (Å²) in [4.78, 5) is 28.7. The molecule has 0 radical (unpaired) electrons. The van der Waals surface area contributed by atoms with Crippen LogP contribution in [0.4, 0.5) is 0 Å². The topological polar surface area (TPSA) is 64.4 Å². The van der Waals surface area contributed by atoms with Crippen molar-refractivity contribution in [2.75, 3.05) is 20.1 Å². The van der Waals surface area contributed by atoms with Crippen LogP contribution in [-0.2, 0) is 16.1 Å². The van der Waals surface area contributed by atoms with Gasteiger partial charge in [0, 0.05) is 38.7 Å². The molecule has 0 saturated carbocycles. The van der Waals surface area contributed by atoms with E-state index in [1.54, 1.807) is 30.2 Å². The number of benzene rings is 2. The van der Waals surface area contributed by atoms with Gasteiger partial charge in [-0.2, -0.15) is 5.26 Å². The molecule has 0 spiro atoms. The molecule has 0 aromatic heterocycles. The Hall–Kier alpha value is -3.39. The summed E-state index contributed by atoms with van der Waals surface area (Å²) >= 11 is 0. The van der Waals surface area contributed by atoms with Crippen LogP contribution in [0.1, 0.15) is 29.5 Å². The second-order valence-corrected chi connectivity index (χ2v) is 7.35. The van der Waals surface area contributed by atoms with Gasteiger partial charge in [-0.1, -0.05) is 42.5 Å². The van der Waals surface area contributed by atoms with E-state index in [9.17, 15) is 9.59 Å². The summed E-state index contributed by atoms with van der Waals surface area (Å²) in [6.45, 7) is 1.71. The van der Waals surface area contributed by atoms with Crippen LogP contribution in [-0.4, -0.2) is 41.8 Å². The van der Waals surface area contributed by atoms with Crippen molar-refractivity contribution in [3.05, 3.63) is 77.4 Å². The molecule has 5 nitrogen and oxygen atoms in total. The van der Waals surface area contributed by atoms with Crippen molar-refractivity contribution in [1.82, 2.24) is 9.80 Å². The van der Waals surface area contributed by atoms with Gasteiger partial charge >= 0.3 is 0 Å². The van der Waals surface area contributed by atoms with Crippen molar-refractivity contribution in [2.24, 2.45) is 5.92 Å². The van der Waals surface area contributed by atoms with E-state index in [0.717, 1.165) is 11.1 Å². The molecule has 2 aromatic carbocycles. The predicted molar refractivity (Wildman–Crippen MR) is 112 cm³/mol. The van der Waals surface area contributed by atoms with Gasteiger partial charge in [-0.15, -0.1) is 0 Å². The average Bonchev–Trinajstić information content (AvgIpc) is 2.78. The normalized spacial score (nSPS) is 14.6. The largest absolute Gasteiger partial charge is 0.341 e. The van der Waals surface area contributed by atoms with Crippen molar-refractivity contribution in [3.63, 3.8) is 0 Å². The first-order chi connectivity index (χ1) is 14.1. The van der Waals surface area contributed by atoms with Gasteiger partial charge in [-0.3, -0.25) is 9.59 Å². The molecule has 1 saturated heterocycles. The zero-order valence-electron chi connectivity index (χ0n) is 16.6. The molecule has 148 valence electrons. The fraction of sp³-hybridized carbons (Fsp3) is 0.292. The van der Waals surface area contributed by atoms with Crippen LogP contribution in [0.15, 0.2) is 60.7 Å². The first-order valence-corrected chi connectivity index (χ1v) is 9.83. The highest BCUT2D eigenvalue weighted by atomic mass is 16.2. The average molecular weight is 387 g/mol. The van der Waals surface area contributed by atoms with Gasteiger partial charge in [0.1, 0.15) is 0 Å². The van der Waals surface area contributed by atoms with E-state index in [4.69, 9.17) is 5.26 Å². The molecule has 2 amide bonds. The van der Waals surface area contributed by atoms with Crippen molar-refractivity contribution < 1.29 is 9.59 Å². The molecule has 0 aliphatic carbocycles. The summed E-state index contributed by atoms with van der Waals surface area (Å²) in [5.41, 5.74) is 2.61. The number of nitriles is 1. The summed E-state index contributed by atoms with van der Waals surface area (Å²) < 4.78 is 0. The van der Waals surface area contributed by atoms with Crippen LogP contribution in [0, 0.1) is 17.2 Å². The monoisotopic (exact) mass is 387 g/mol. The minimum atomic E-state index is -0.0551. The van der Waals surface area contributed by atoms with E-state index in [0.29, 0.717) is 38.0 Å². The Bertz CT molecular complexity index is 905. The smallest absolute Gasteiger partial charge is 0.246 e. The summed E-state index contributed by atoms with van der Waals surface area (Å²) in [7, 11) is 1.81. The number of carbonyl (C=O) groups excluding carboxylic acids is 2. The first-order valence-electron chi connectivity index (χ1n) is 9.83. The van der Waals surface area contributed by atoms with Crippen molar-refractivity contribution in [3.8, 4) is 6.07 Å². The maximum absolute atomic E-state index is 12.8. The third kappa shape index (κ3) is 5.55. The van der Waals surface area contributed by atoms with Crippen molar-refractivity contribution in [2.45, 2.75) is 19.4 Å². The van der Waals surface area contributed by atoms with E-state index in [1.165, 1.54) is 0 Å². The third-order valence-electron chi connectivity index (χ3n) is 5.25. The Balaban J connectivity index is 1.48. The quantitative estimate of drug-likeness (QED) is 0.738. The third-order valence-corrected chi connectivity index (χ3v) is 5.25. The standard InChI is InChI=1S/C24H25N3O2/c1-26(18-21-9-7-20(17-25)8-10-21)24(29)22-13-15-27(16-14-22)23(28)12-11-19-5-3-2-4-6-19/h2-12,22H,13-16,18H2,1H3/b12-11+. The Kier molecular flexibility index (Phi) is 6.80. The Labute approximate surface area is 171 Å². The van der Waals surface area contributed by atoms with Crippen LogP contribution in [0.5, 0.6) is 0 Å². The number of carbonyl (C=O) groups is 2. The van der Waals surface area contributed by atoms with Gasteiger partial charge in [0.15, 0.2) is 0 Å². The molecule has 0 unspecified atom stereocenters. The van der Waals surface area contributed by atoms with Crippen LogP contribution < -0.4 is 0 Å². The minimum Gasteiger partial charge on any atom is -0.341 e. The van der Waals surface area contributed by atoms with Gasteiger partial charge in [-0.05, 0) is 42.2 Å². The van der Waals surface area contributed by atoms with E-state index in [-0.39, 0.29) is 17.7 Å². The zero-order chi connectivity index (χ0) is 20.6. The molecule has 29 heavy (non-hydrogen) atoms. The maximum atomic E-state index is 12.8. The molecule has 0 N–H and O–H groups in total. The lowest BCUT2D eigenvalue weighted by Crippen LogP contribution is -2.42. The van der Waals surface area contributed by atoms with Crippen molar-refractivity contribution >= 4 is 17.9 Å². The Morgan fingerprint density at radius 3 is 2.38 bits per heavy atom. The number of hydrogen-bond acceptors (Lipinski definition) is 3. The number of likely N-dealkylation sites (tertiary alicyclic amines) is 1. The molecule has 1 aliphatic rings. The zero-order valence-corrected chi connectivity index (χ0v) is 16.6. The fourth-order valence-electron chi connectivity index (χ4n) is 3.53. The number of rotatable bonds is 5. The predicted octanol–water partition coefficient (Wildman–Crippen LogP) is 3.47. The van der Waals surface area contributed by atoms with Gasteiger partial charge in [-0.25, -0.2) is 0 Å². The highest BCUT2D eigenvalue weighted by Crippen LogP contribution is 2.21. The summed E-state index contributed by atoms with van der Waals surface area (Å²) in [6, 6.07) is 19.1. The fourth-order valence-corrected chi connectivity index (χ4v) is 3.53. The molecular formula is C24H25N3O2. The molecular weight excluding hydrogens is 362 g/mol. The molecule has 0 bridgehead atoms. The second-order valence-electron chi connectivity index (χ2n) is 7.35. The van der Waals surface area contributed by atoms with E-state index in [1.807, 2.05) is 53.4 Å². The number of nitrogens with zero attached hydrogens (tertiary/aromatic N) is 3. The van der Waals surface area contributed by atoms with Crippen LogP contribution in [0.3, 0.4) is 0 Å². The molecule has 1 aliphatic heterocycles. The van der Waals surface area contributed by atoms with Gasteiger partial charge in [0.05, 0.1) is 11.6 Å². The minimum absolute atomic E-state index is 0.00862. The first kappa shape index (κ1) is 20.3. The number of hydrogen-bond donors (Lipinski definition) is 0. The van der Waals surface area contributed by atoms with Gasteiger partial charge in [0.25, 0.3) is 0 Å². The van der Waals surface area contributed by atoms with Crippen LogP contribution in [0.2, 0.25) is 0 Å². The summed E-state index contributed by atoms with van der Waals surface area (Å²) in [5.74, 6) is 0.0486.